The molecule has 2 amide bonds. The molecule has 0 unspecified atom stereocenters. The van der Waals surface area contributed by atoms with Crippen LogP contribution in [0.2, 0.25) is 0 Å². The number of likely N-dealkylation sites (tertiary alicyclic amines) is 1. The average molecular weight is 385 g/mol. The summed E-state index contributed by atoms with van der Waals surface area (Å²) in [6, 6.07) is 10.9. The van der Waals surface area contributed by atoms with Crippen molar-refractivity contribution in [3.05, 3.63) is 35.9 Å². The summed E-state index contributed by atoms with van der Waals surface area (Å²) in [4.78, 5) is 29.3. The first-order chi connectivity index (χ1) is 13.7. The molecule has 3 heterocycles. The van der Waals surface area contributed by atoms with Crippen LogP contribution in [-0.2, 0) is 16.1 Å². The van der Waals surface area contributed by atoms with Gasteiger partial charge in [-0.2, -0.15) is 0 Å². The molecule has 0 spiro atoms. The number of nitrogens with one attached hydrogen (secondary N) is 2. The van der Waals surface area contributed by atoms with Crippen LogP contribution in [0.3, 0.4) is 0 Å². The lowest BCUT2D eigenvalue weighted by atomic mass is 10.0. The molecule has 152 valence electrons. The SMILES string of the molecule is O=C1NC[C@@H](CCC(=O)N2CCCCC2)N2C[C@@H](NCc3ccccc3)C[C@@H]12. The van der Waals surface area contributed by atoms with E-state index in [1.807, 2.05) is 11.0 Å². The van der Waals surface area contributed by atoms with Gasteiger partial charge in [0, 0.05) is 51.2 Å². The van der Waals surface area contributed by atoms with Crippen molar-refractivity contribution < 1.29 is 9.59 Å². The molecule has 3 saturated heterocycles. The molecule has 3 aliphatic rings. The number of amides is 2. The van der Waals surface area contributed by atoms with Gasteiger partial charge >= 0.3 is 0 Å². The lowest BCUT2D eigenvalue weighted by Gasteiger charge is -2.37. The van der Waals surface area contributed by atoms with Gasteiger partial charge in [-0.05, 0) is 37.7 Å². The van der Waals surface area contributed by atoms with Crippen LogP contribution >= 0.6 is 0 Å². The van der Waals surface area contributed by atoms with E-state index in [1.54, 1.807) is 0 Å². The Hall–Kier alpha value is -1.92. The minimum atomic E-state index is -0.0582. The number of benzene rings is 1. The number of fused-ring (bicyclic) bond motifs is 1. The number of hydrogen-bond donors (Lipinski definition) is 2. The predicted molar refractivity (Wildman–Crippen MR) is 109 cm³/mol. The predicted octanol–water partition coefficient (Wildman–Crippen LogP) is 1.51. The summed E-state index contributed by atoms with van der Waals surface area (Å²) in [6.45, 7) is 4.20. The van der Waals surface area contributed by atoms with Crippen molar-refractivity contribution in [2.75, 3.05) is 26.2 Å². The minimum absolute atomic E-state index is 0.0582. The van der Waals surface area contributed by atoms with Crippen LogP contribution in [0.25, 0.3) is 0 Å². The quantitative estimate of drug-likeness (QED) is 0.780. The fourth-order valence-electron chi connectivity index (χ4n) is 4.84. The highest BCUT2D eigenvalue weighted by Gasteiger charge is 2.43. The number of rotatable bonds is 6. The Balaban J connectivity index is 1.29. The summed E-state index contributed by atoms with van der Waals surface area (Å²) in [5.74, 6) is 0.425. The van der Waals surface area contributed by atoms with Crippen molar-refractivity contribution >= 4 is 11.8 Å². The maximum atomic E-state index is 12.5. The molecule has 4 rings (SSSR count). The van der Waals surface area contributed by atoms with Gasteiger partial charge in [0.15, 0.2) is 0 Å². The molecule has 0 radical (unpaired) electrons. The molecule has 28 heavy (non-hydrogen) atoms. The van der Waals surface area contributed by atoms with Crippen molar-refractivity contribution in [2.24, 2.45) is 0 Å². The summed E-state index contributed by atoms with van der Waals surface area (Å²) >= 11 is 0. The Morgan fingerprint density at radius 2 is 1.93 bits per heavy atom. The third-order valence-electron chi connectivity index (χ3n) is 6.46. The molecular formula is C22H32N4O2. The topological polar surface area (TPSA) is 64.7 Å². The maximum absolute atomic E-state index is 12.5. The van der Waals surface area contributed by atoms with Crippen LogP contribution < -0.4 is 10.6 Å². The fraction of sp³-hybridized carbons (Fsp3) is 0.636. The molecule has 0 bridgehead atoms. The highest BCUT2D eigenvalue weighted by atomic mass is 16.2. The molecule has 0 saturated carbocycles. The molecule has 2 N–H and O–H groups in total. The first-order valence-corrected chi connectivity index (χ1v) is 10.8. The van der Waals surface area contributed by atoms with Crippen LogP contribution in [0.5, 0.6) is 0 Å². The van der Waals surface area contributed by atoms with Crippen molar-refractivity contribution in [3.63, 3.8) is 0 Å². The lowest BCUT2D eigenvalue weighted by Crippen LogP contribution is -2.58. The van der Waals surface area contributed by atoms with Gasteiger partial charge in [-0.25, -0.2) is 0 Å². The standard InChI is InChI=1S/C22H32N4O2/c27-21(25-11-5-2-6-12-25)10-9-19-15-24-22(28)20-13-18(16-26(19)20)23-14-17-7-3-1-4-8-17/h1,3-4,7-8,18-20,23H,2,5-6,9-16H2,(H,24,28)/t18-,19+,20-/m0/s1. The van der Waals surface area contributed by atoms with E-state index in [9.17, 15) is 9.59 Å². The zero-order valence-corrected chi connectivity index (χ0v) is 16.6. The van der Waals surface area contributed by atoms with E-state index in [0.717, 1.165) is 51.9 Å². The number of hydrogen-bond acceptors (Lipinski definition) is 4. The Morgan fingerprint density at radius 3 is 2.71 bits per heavy atom. The second kappa shape index (κ2) is 9.05. The second-order valence-corrected chi connectivity index (χ2v) is 8.39. The highest BCUT2D eigenvalue weighted by molar-refractivity contribution is 5.83. The first kappa shape index (κ1) is 19.4. The van der Waals surface area contributed by atoms with Crippen molar-refractivity contribution in [2.45, 2.75) is 63.2 Å². The fourth-order valence-corrected chi connectivity index (χ4v) is 4.84. The normalized spacial score (nSPS) is 28.1. The van der Waals surface area contributed by atoms with Crippen LogP contribution in [0.1, 0.15) is 44.1 Å². The third kappa shape index (κ3) is 4.55. The van der Waals surface area contributed by atoms with E-state index in [-0.39, 0.29) is 23.9 Å². The molecular weight excluding hydrogens is 352 g/mol. The second-order valence-electron chi connectivity index (χ2n) is 8.39. The Bertz CT molecular complexity index is 674. The van der Waals surface area contributed by atoms with Gasteiger partial charge in [0.05, 0.1) is 6.04 Å². The van der Waals surface area contributed by atoms with Gasteiger partial charge in [-0.3, -0.25) is 14.5 Å². The van der Waals surface area contributed by atoms with Gasteiger partial charge in [-0.1, -0.05) is 30.3 Å². The van der Waals surface area contributed by atoms with Crippen molar-refractivity contribution in [1.29, 1.82) is 0 Å². The summed E-state index contributed by atoms with van der Waals surface area (Å²) < 4.78 is 0. The maximum Gasteiger partial charge on any atom is 0.237 e. The van der Waals surface area contributed by atoms with Crippen LogP contribution in [0.15, 0.2) is 30.3 Å². The van der Waals surface area contributed by atoms with Crippen molar-refractivity contribution in [1.82, 2.24) is 20.4 Å². The van der Waals surface area contributed by atoms with E-state index in [0.29, 0.717) is 19.0 Å². The number of piperazine rings is 1. The molecule has 6 heteroatoms. The van der Waals surface area contributed by atoms with Crippen molar-refractivity contribution in [3.8, 4) is 0 Å². The molecule has 0 aromatic heterocycles. The van der Waals surface area contributed by atoms with E-state index in [4.69, 9.17) is 0 Å². The number of nitrogens with zero attached hydrogens (tertiary/aromatic N) is 2. The molecule has 0 aliphatic carbocycles. The van der Waals surface area contributed by atoms with Crippen LogP contribution in [0.4, 0.5) is 0 Å². The summed E-state index contributed by atoms with van der Waals surface area (Å²) in [6.07, 6.45) is 5.77. The largest absolute Gasteiger partial charge is 0.353 e. The van der Waals surface area contributed by atoms with E-state index < -0.39 is 0 Å². The van der Waals surface area contributed by atoms with Gasteiger partial charge in [0.1, 0.15) is 0 Å². The van der Waals surface area contributed by atoms with Gasteiger partial charge in [0.2, 0.25) is 11.8 Å². The highest BCUT2D eigenvalue weighted by Crippen LogP contribution is 2.26. The van der Waals surface area contributed by atoms with E-state index in [1.165, 1.54) is 12.0 Å². The van der Waals surface area contributed by atoms with E-state index >= 15 is 0 Å². The number of piperidine rings is 1. The first-order valence-electron chi connectivity index (χ1n) is 10.8. The molecule has 3 atom stereocenters. The van der Waals surface area contributed by atoms with E-state index in [2.05, 4.69) is 39.8 Å². The molecule has 3 fully saturated rings. The summed E-state index contributed by atoms with van der Waals surface area (Å²) in [7, 11) is 0. The monoisotopic (exact) mass is 384 g/mol. The molecule has 6 nitrogen and oxygen atoms in total. The smallest absolute Gasteiger partial charge is 0.237 e. The van der Waals surface area contributed by atoms with Gasteiger partial charge in [-0.15, -0.1) is 0 Å². The van der Waals surface area contributed by atoms with Crippen LogP contribution in [-0.4, -0.2) is 65.9 Å². The molecule has 1 aromatic rings. The van der Waals surface area contributed by atoms with Gasteiger partial charge in [0.25, 0.3) is 0 Å². The Labute approximate surface area is 167 Å². The zero-order valence-electron chi connectivity index (χ0n) is 16.6. The minimum Gasteiger partial charge on any atom is -0.353 e. The Morgan fingerprint density at radius 1 is 1.14 bits per heavy atom. The summed E-state index contributed by atoms with van der Waals surface area (Å²) in [5.41, 5.74) is 1.26. The number of carbonyl (C=O) groups is 2. The Kier molecular flexibility index (Phi) is 6.27. The number of carbonyl (C=O) groups excluding carboxylic acids is 2. The lowest BCUT2D eigenvalue weighted by molar-refractivity contribution is -0.133. The summed E-state index contributed by atoms with van der Waals surface area (Å²) in [5, 5.41) is 6.68. The molecule has 3 aliphatic heterocycles. The van der Waals surface area contributed by atoms with Crippen LogP contribution in [0, 0.1) is 0 Å². The van der Waals surface area contributed by atoms with Gasteiger partial charge < -0.3 is 15.5 Å². The zero-order chi connectivity index (χ0) is 19.3. The molecule has 1 aromatic carbocycles. The third-order valence-corrected chi connectivity index (χ3v) is 6.46. The average Bonchev–Trinajstić information content (AvgIpc) is 3.18.